The van der Waals surface area contributed by atoms with Gasteiger partial charge in [-0.15, -0.1) is 12.4 Å². The molecule has 0 heterocycles. The van der Waals surface area contributed by atoms with Crippen molar-refractivity contribution in [2.24, 2.45) is 5.73 Å². The summed E-state index contributed by atoms with van der Waals surface area (Å²) in [5.41, 5.74) is 7.30. The lowest BCUT2D eigenvalue weighted by molar-refractivity contribution is 0.577. The van der Waals surface area contributed by atoms with Crippen molar-refractivity contribution >= 4 is 12.4 Å². The number of benzene rings is 1. The van der Waals surface area contributed by atoms with Crippen LogP contribution in [0.25, 0.3) is 0 Å². The van der Waals surface area contributed by atoms with E-state index >= 15 is 0 Å². The van der Waals surface area contributed by atoms with Crippen molar-refractivity contribution in [1.82, 2.24) is 0 Å². The smallest absolute Gasteiger partial charge is 0.128 e. The average molecular weight is 202 g/mol. The summed E-state index contributed by atoms with van der Waals surface area (Å²) < 4.78 is 13.2. The summed E-state index contributed by atoms with van der Waals surface area (Å²) in [6, 6.07) is 5.12. The minimum atomic E-state index is -0.351. The first kappa shape index (κ1) is 10.5. The van der Waals surface area contributed by atoms with Crippen molar-refractivity contribution in [2.75, 3.05) is 0 Å². The van der Waals surface area contributed by atoms with Gasteiger partial charge in [0.1, 0.15) is 5.82 Å². The molecule has 2 rings (SSSR count). The molecule has 1 fully saturated rings. The molecule has 0 aromatic heterocycles. The molecule has 0 spiro atoms. The fourth-order valence-corrected chi connectivity index (χ4v) is 1.42. The van der Waals surface area contributed by atoms with E-state index in [0.29, 0.717) is 5.56 Å². The lowest BCUT2D eigenvalue weighted by Gasteiger charge is -2.10. The lowest BCUT2D eigenvalue weighted by Crippen LogP contribution is -2.20. The molecule has 1 nitrogen and oxygen atoms in total. The van der Waals surface area contributed by atoms with Gasteiger partial charge in [-0.1, -0.05) is 17.7 Å². The summed E-state index contributed by atoms with van der Waals surface area (Å²) in [6.45, 7) is 1.95. The van der Waals surface area contributed by atoms with Crippen molar-refractivity contribution in [1.29, 1.82) is 0 Å². The van der Waals surface area contributed by atoms with Gasteiger partial charge in [-0.05, 0) is 25.8 Å². The summed E-state index contributed by atoms with van der Waals surface area (Å²) in [7, 11) is 0. The van der Waals surface area contributed by atoms with Crippen LogP contribution in [0.2, 0.25) is 0 Å². The molecule has 1 aliphatic carbocycles. The highest BCUT2D eigenvalue weighted by molar-refractivity contribution is 5.85. The number of hydrogen-bond acceptors (Lipinski definition) is 1. The molecule has 13 heavy (non-hydrogen) atoms. The molecule has 1 aliphatic rings. The lowest BCUT2D eigenvalue weighted by atomic mass is 10.0. The number of rotatable bonds is 1. The predicted octanol–water partition coefficient (Wildman–Crippen LogP) is 2.50. The Morgan fingerprint density at radius 1 is 1.38 bits per heavy atom. The molecular weight excluding hydrogens is 189 g/mol. The molecule has 0 unspecified atom stereocenters. The highest BCUT2D eigenvalue weighted by atomic mass is 35.5. The van der Waals surface area contributed by atoms with E-state index in [9.17, 15) is 4.39 Å². The Hall–Kier alpha value is -0.600. The molecule has 3 heteroatoms. The number of hydrogen-bond donors (Lipinski definition) is 1. The van der Waals surface area contributed by atoms with Gasteiger partial charge in [0.25, 0.3) is 0 Å². The SMILES string of the molecule is Cc1ccc(F)c(C2(N)CC2)c1.Cl. The third-order valence-electron chi connectivity index (χ3n) is 2.45. The van der Waals surface area contributed by atoms with Crippen molar-refractivity contribution in [3.63, 3.8) is 0 Å². The van der Waals surface area contributed by atoms with Gasteiger partial charge in [0.2, 0.25) is 0 Å². The molecule has 0 radical (unpaired) electrons. The maximum atomic E-state index is 13.2. The van der Waals surface area contributed by atoms with E-state index in [1.807, 2.05) is 13.0 Å². The van der Waals surface area contributed by atoms with Crippen LogP contribution < -0.4 is 5.73 Å². The van der Waals surface area contributed by atoms with Gasteiger partial charge in [0, 0.05) is 11.1 Å². The Kier molecular flexibility index (Phi) is 2.64. The zero-order valence-corrected chi connectivity index (χ0v) is 8.33. The molecular formula is C10H13ClFN. The Labute approximate surface area is 83.5 Å². The maximum Gasteiger partial charge on any atom is 0.128 e. The highest BCUT2D eigenvalue weighted by Crippen LogP contribution is 2.43. The van der Waals surface area contributed by atoms with Gasteiger partial charge >= 0.3 is 0 Å². The van der Waals surface area contributed by atoms with E-state index in [-0.39, 0.29) is 23.8 Å². The summed E-state index contributed by atoms with van der Waals surface area (Å²) in [4.78, 5) is 0. The summed E-state index contributed by atoms with van der Waals surface area (Å²) in [5.74, 6) is -0.166. The Balaban J connectivity index is 0.000000845. The van der Waals surface area contributed by atoms with Crippen molar-refractivity contribution < 1.29 is 4.39 Å². The molecule has 0 bridgehead atoms. The van der Waals surface area contributed by atoms with E-state index in [4.69, 9.17) is 5.73 Å². The van der Waals surface area contributed by atoms with Crippen LogP contribution in [0.3, 0.4) is 0 Å². The predicted molar refractivity (Wildman–Crippen MR) is 53.5 cm³/mol. The van der Waals surface area contributed by atoms with Gasteiger partial charge in [0.15, 0.2) is 0 Å². The van der Waals surface area contributed by atoms with Crippen molar-refractivity contribution in [2.45, 2.75) is 25.3 Å². The standard InChI is InChI=1S/C10H12FN.ClH/c1-7-2-3-9(11)8(6-7)10(12)4-5-10;/h2-3,6H,4-5,12H2,1H3;1H. The van der Waals surface area contributed by atoms with E-state index in [1.165, 1.54) is 6.07 Å². The summed E-state index contributed by atoms with van der Waals surface area (Å²) >= 11 is 0. The molecule has 0 aliphatic heterocycles. The van der Waals surface area contributed by atoms with Crippen LogP contribution in [0.4, 0.5) is 4.39 Å². The normalized spacial score (nSPS) is 17.8. The fourth-order valence-electron chi connectivity index (χ4n) is 1.42. The van der Waals surface area contributed by atoms with Gasteiger partial charge in [0.05, 0.1) is 0 Å². The second-order valence-corrected chi connectivity index (χ2v) is 3.64. The van der Waals surface area contributed by atoms with Crippen LogP contribution in [0.1, 0.15) is 24.0 Å². The topological polar surface area (TPSA) is 26.0 Å². The molecule has 1 aromatic rings. The molecule has 1 aromatic carbocycles. The first-order chi connectivity index (χ1) is 5.62. The third-order valence-corrected chi connectivity index (χ3v) is 2.45. The fraction of sp³-hybridized carbons (Fsp3) is 0.400. The number of aryl methyl sites for hydroxylation is 1. The molecule has 1 saturated carbocycles. The Morgan fingerprint density at radius 2 is 2.00 bits per heavy atom. The van der Waals surface area contributed by atoms with Gasteiger partial charge < -0.3 is 5.73 Å². The largest absolute Gasteiger partial charge is 0.321 e. The van der Waals surface area contributed by atoms with E-state index in [2.05, 4.69) is 0 Å². The third kappa shape index (κ3) is 1.84. The average Bonchev–Trinajstić information content (AvgIpc) is 2.75. The van der Waals surface area contributed by atoms with E-state index in [0.717, 1.165) is 18.4 Å². The molecule has 0 saturated heterocycles. The molecule has 2 N–H and O–H groups in total. The number of nitrogens with two attached hydrogens (primary N) is 1. The van der Waals surface area contributed by atoms with Crippen LogP contribution in [0.15, 0.2) is 18.2 Å². The zero-order chi connectivity index (χ0) is 8.77. The van der Waals surface area contributed by atoms with Crippen LogP contribution in [0.5, 0.6) is 0 Å². The molecule has 0 atom stereocenters. The van der Waals surface area contributed by atoms with Crippen LogP contribution >= 0.6 is 12.4 Å². The first-order valence-corrected chi connectivity index (χ1v) is 4.17. The molecule has 0 amide bonds. The zero-order valence-electron chi connectivity index (χ0n) is 7.51. The minimum Gasteiger partial charge on any atom is -0.321 e. The van der Waals surface area contributed by atoms with Gasteiger partial charge in [-0.3, -0.25) is 0 Å². The second-order valence-electron chi connectivity index (χ2n) is 3.64. The van der Waals surface area contributed by atoms with Crippen LogP contribution in [-0.4, -0.2) is 0 Å². The quantitative estimate of drug-likeness (QED) is 0.743. The second kappa shape index (κ2) is 3.28. The van der Waals surface area contributed by atoms with Crippen molar-refractivity contribution in [3.8, 4) is 0 Å². The summed E-state index contributed by atoms with van der Waals surface area (Å²) in [6.07, 6.45) is 1.82. The van der Waals surface area contributed by atoms with Crippen molar-refractivity contribution in [3.05, 3.63) is 35.1 Å². The van der Waals surface area contributed by atoms with E-state index < -0.39 is 0 Å². The van der Waals surface area contributed by atoms with Crippen LogP contribution in [-0.2, 0) is 5.54 Å². The Morgan fingerprint density at radius 3 is 2.54 bits per heavy atom. The maximum absolute atomic E-state index is 13.2. The summed E-state index contributed by atoms with van der Waals surface area (Å²) in [5, 5.41) is 0. The highest BCUT2D eigenvalue weighted by Gasteiger charge is 2.41. The van der Waals surface area contributed by atoms with E-state index in [1.54, 1.807) is 6.07 Å². The monoisotopic (exact) mass is 201 g/mol. The minimum absolute atomic E-state index is 0. The van der Waals surface area contributed by atoms with Gasteiger partial charge in [-0.2, -0.15) is 0 Å². The van der Waals surface area contributed by atoms with Gasteiger partial charge in [-0.25, -0.2) is 4.39 Å². The first-order valence-electron chi connectivity index (χ1n) is 4.17. The number of halogens is 2. The Bertz CT molecular complexity index is 321. The van der Waals surface area contributed by atoms with Crippen LogP contribution in [0, 0.1) is 12.7 Å². The molecule has 72 valence electrons.